The molecule has 3 amide bonds. The van der Waals surface area contributed by atoms with E-state index in [9.17, 15) is 27.6 Å². The first-order valence-corrected chi connectivity index (χ1v) is 13.7. The predicted molar refractivity (Wildman–Crippen MR) is 140 cm³/mol. The Morgan fingerprint density at radius 2 is 1.70 bits per heavy atom. The highest BCUT2D eigenvalue weighted by Crippen LogP contribution is 2.51. The third-order valence-corrected chi connectivity index (χ3v) is 7.52. The fraction of sp³-hybridized carbons (Fsp3) is 0.571. The Labute approximate surface area is 230 Å². The van der Waals surface area contributed by atoms with Crippen LogP contribution in [0.1, 0.15) is 80.9 Å². The van der Waals surface area contributed by atoms with Gasteiger partial charge in [-0.05, 0) is 87.5 Å². The number of benzene rings is 1. The van der Waals surface area contributed by atoms with Gasteiger partial charge < -0.3 is 16.0 Å². The van der Waals surface area contributed by atoms with Gasteiger partial charge in [-0.2, -0.15) is 18.3 Å². The average Bonchev–Trinajstić information content (AvgIpc) is 3.83. The van der Waals surface area contributed by atoms with Gasteiger partial charge in [0.2, 0.25) is 11.8 Å². The van der Waals surface area contributed by atoms with E-state index in [0.29, 0.717) is 17.5 Å². The van der Waals surface area contributed by atoms with Gasteiger partial charge >= 0.3 is 6.18 Å². The lowest BCUT2D eigenvalue weighted by Gasteiger charge is -2.28. The van der Waals surface area contributed by atoms with Crippen LogP contribution in [0.25, 0.3) is 0 Å². The molecule has 0 radical (unpaired) electrons. The number of alkyl halides is 3. The Balaban J connectivity index is 1.52. The van der Waals surface area contributed by atoms with Gasteiger partial charge in [0, 0.05) is 12.2 Å². The minimum Gasteiger partial charge on any atom is -0.346 e. The first kappa shape index (κ1) is 29.5. The summed E-state index contributed by atoms with van der Waals surface area (Å²) >= 11 is 0. The normalized spacial score (nSPS) is 17.0. The average molecular weight is 566 g/mol. The predicted octanol–water partition coefficient (Wildman–Crippen LogP) is 4.95. The zero-order valence-corrected chi connectivity index (χ0v) is 22.7. The Morgan fingerprint density at radius 3 is 2.23 bits per heavy atom. The highest BCUT2D eigenvalue weighted by molar-refractivity contribution is 6.01. The SMILES string of the molecule is CCC(C(=O)NCC(F)(F)F)c1ccc(NC(=O)[C@@H](NC(=O)c2ccnn2C(C)C)C(C2CC2)C2CC2)c(F)c1. The first-order chi connectivity index (χ1) is 18.9. The highest BCUT2D eigenvalue weighted by Gasteiger charge is 2.48. The van der Waals surface area contributed by atoms with E-state index in [2.05, 4.69) is 15.7 Å². The fourth-order valence-corrected chi connectivity index (χ4v) is 5.29. The number of amides is 3. The van der Waals surface area contributed by atoms with Gasteiger partial charge in [-0.15, -0.1) is 0 Å². The largest absolute Gasteiger partial charge is 0.405 e. The molecule has 218 valence electrons. The molecule has 0 spiro atoms. The van der Waals surface area contributed by atoms with Gasteiger partial charge in [-0.25, -0.2) is 4.39 Å². The second-order valence-electron chi connectivity index (χ2n) is 11.0. The van der Waals surface area contributed by atoms with Crippen LogP contribution in [0, 0.1) is 23.6 Å². The van der Waals surface area contributed by atoms with Crippen LogP contribution in [-0.2, 0) is 9.59 Å². The van der Waals surface area contributed by atoms with Crippen molar-refractivity contribution in [2.45, 2.75) is 77.1 Å². The second kappa shape index (κ2) is 12.0. The van der Waals surface area contributed by atoms with Gasteiger partial charge in [0.1, 0.15) is 24.1 Å². The summed E-state index contributed by atoms with van der Waals surface area (Å²) in [5, 5.41) is 11.5. The van der Waals surface area contributed by atoms with Crippen molar-refractivity contribution in [2.24, 2.45) is 17.8 Å². The van der Waals surface area contributed by atoms with E-state index in [-0.39, 0.29) is 29.6 Å². The van der Waals surface area contributed by atoms with E-state index in [1.54, 1.807) is 17.7 Å². The lowest BCUT2D eigenvalue weighted by molar-refractivity contribution is -0.139. The molecule has 2 aromatic rings. The Hall–Kier alpha value is -3.44. The third-order valence-electron chi connectivity index (χ3n) is 7.52. The molecule has 12 heteroatoms. The molecular weight excluding hydrogens is 530 g/mol. The van der Waals surface area contributed by atoms with Crippen molar-refractivity contribution in [1.82, 2.24) is 20.4 Å². The van der Waals surface area contributed by atoms with Crippen molar-refractivity contribution in [3.8, 4) is 0 Å². The van der Waals surface area contributed by atoms with Gasteiger partial charge in [-0.3, -0.25) is 19.1 Å². The van der Waals surface area contributed by atoms with Crippen molar-refractivity contribution in [3.05, 3.63) is 47.5 Å². The van der Waals surface area contributed by atoms with Crippen LogP contribution in [0.2, 0.25) is 0 Å². The van der Waals surface area contributed by atoms with Crippen LogP contribution in [0.3, 0.4) is 0 Å². The molecule has 2 aliphatic rings. The first-order valence-electron chi connectivity index (χ1n) is 13.7. The highest BCUT2D eigenvalue weighted by atomic mass is 19.4. The summed E-state index contributed by atoms with van der Waals surface area (Å²) in [7, 11) is 0. The summed E-state index contributed by atoms with van der Waals surface area (Å²) in [6, 6.07) is 4.37. The van der Waals surface area contributed by atoms with Gasteiger partial charge in [0.15, 0.2) is 0 Å². The summed E-state index contributed by atoms with van der Waals surface area (Å²) in [6.45, 7) is 3.91. The molecule has 1 heterocycles. The number of hydrogen-bond donors (Lipinski definition) is 3. The molecule has 4 rings (SSSR count). The number of carbonyl (C=O) groups excluding carboxylic acids is 3. The molecule has 1 aromatic carbocycles. The molecule has 40 heavy (non-hydrogen) atoms. The van der Waals surface area contributed by atoms with Crippen LogP contribution in [-0.4, -0.2) is 46.3 Å². The lowest BCUT2D eigenvalue weighted by atomic mass is 9.88. The maximum absolute atomic E-state index is 15.2. The monoisotopic (exact) mass is 565 g/mol. The van der Waals surface area contributed by atoms with Gasteiger partial charge in [-0.1, -0.05) is 13.0 Å². The van der Waals surface area contributed by atoms with Crippen molar-refractivity contribution in [1.29, 1.82) is 0 Å². The molecule has 2 atom stereocenters. The van der Waals surface area contributed by atoms with E-state index >= 15 is 4.39 Å². The number of nitrogens with one attached hydrogen (secondary N) is 3. The zero-order chi connectivity index (χ0) is 29.2. The fourth-order valence-electron chi connectivity index (χ4n) is 5.29. The third kappa shape index (κ3) is 7.19. The van der Waals surface area contributed by atoms with Gasteiger partial charge in [0.25, 0.3) is 5.91 Å². The molecule has 3 N–H and O–H groups in total. The number of halogens is 4. The Bertz CT molecular complexity index is 1220. The van der Waals surface area contributed by atoms with Crippen molar-refractivity contribution < 1.29 is 31.9 Å². The summed E-state index contributed by atoms with van der Waals surface area (Å²) < 4.78 is 54.3. The molecule has 1 unspecified atom stereocenters. The van der Waals surface area contributed by atoms with Crippen molar-refractivity contribution in [2.75, 3.05) is 11.9 Å². The quantitative estimate of drug-likeness (QED) is 0.317. The van der Waals surface area contributed by atoms with Crippen LogP contribution < -0.4 is 16.0 Å². The van der Waals surface area contributed by atoms with Crippen LogP contribution in [0.5, 0.6) is 0 Å². The van der Waals surface area contributed by atoms with E-state index in [1.165, 1.54) is 18.3 Å². The summed E-state index contributed by atoms with van der Waals surface area (Å²) in [5.74, 6) is -3.16. The van der Waals surface area contributed by atoms with Crippen LogP contribution in [0.4, 0.5) is 23.2 Å². The molecule has 2 aliphatic carbocycles. The van der Waals surface area contributed by atoms with E-state index in [0.717, 1.165) is 31.7 Å². The van der Waals surface area contributed by atoms with E-state index in [1.807, 2.05) is 19.2 Å². The maximum Gasteiger partial charge on any atom is 0.405 e. The summed E-state index contributed by atoms with van der Waals surface area (Å²) in [4.78, 5) is 39.1. The smallest absolute Gasteiger partial charge is 0.346 e. The molecular formula is C28H35F4N5O3. The van der Waals surface area contributed by atoms with Crippen molar-refractivity contribution in [3.63, 3.8) is 0 Å². The molecule has 2 fully saturated rings. The maximum atomic E-state index is 15.2. The number of nitrogens with zero attached hydrogens (tertiary/aromatic N) is 2. The van der Waals surface area contributed by atoms with Crippen LogP contribution in [0.15, 0.2) is 30.5 Å². The minimum atomic E-state index is -4.56. The minimum absolute atomic E-state index is 0.0687. The molecule has 0 saturated heterocycles. The van der Waals surface area contributed by atoms with E-state index in [4.69, 9.17) is 0 Å². The number of aromatic nitrogens is 2. The number of rotatable bonds is 12. The molecule has 8 nitrogen and oxygen atoms in total. The van der Waals surface area contributed by atoms with Crippen LogP contribution >= 0.6 is 0 Å². The van der Waals surface area contributed by atoms with E-state index < -0.39 is 48.2 Å². The molecule has 1 aromatic heterocycles. The standard InChI is InChI=1S/C28H35F4N5O3/c1-4-19(25(38)33-14-28(30,31)32)18-9-10-21(20(29)13-18)35-27(40)24(23(16-5-6-16)17-7-8-17)36-26(39)22-11-12-34-37(22)15(2)3/h9-13,15-17,19,23-24H,4-8,14H2,1-3H3,(H,33,38)(H,35,40)(H,36,39)/t19?,24-/m0/s1. The Kier molecular flexibility index (Phi) is 8.84. The summed E-state index contributed by atoms with van der Waals surface area (Å²) in [6.07, 6.45) is 0.955. The molecule has 0 aliphatic heterocycles. The van der Waals surface area contributed by atoms with Crippen molar-refractivity contribution >= 4 is 23.4 Å². The summed E-state index contributed by atoms with van der Waals surface area (Å²) in [5.41, 5.74) is 0.373. The topological polar surface area (TPSA) is 105 Å². The number of carbonyl (C=O) groups is 3. The molecule has 0 bridgehead atoms. The number of hydrogen-bond acceptors (Lipinski definition) is 4. The zero-order valence-electron chi connectivity index (χ0n) is 22.7. The lowest BCUT2D eigenvalue weighted by Crippen LogP contribution is -2.50. The molecule has 2 saturated carbocycles. The Morgan fingerprint density at radius 1 is 1.05 bits per heavy atom. The van der Waals surface area contributed by atoms with Gasteiger partial charge in [0.05, 0.1) is 11.6 Å². The number of anilines is 1. The second-order valence-corrected chi connectivity index (χ2v) is 11.0.